The van der Waals surface area contributed by atoms with Crippen LogP contribution in [0.25, 0.3) is 11.0 Å². The first-order valence-electron chi connectivity index (χ1n) is 11.0. The van der Waals surface area contributed by atoms with E-state index < -0.39 is 24.0 Å². The molecule has 6 N–H and O–H groups in total. The number of nitrogen functional groups attached to an aromatic ring is 1. The lowest BCUT2D eigenvalue weighted by molar-refractivity contribution is -0.192. The summed E-state index contributed by atoms with van der Waals surface area (Å²) in [6.45, 7) is 0. The van der Waals surface area contributed by atoms with Gasteiger partial charge in [0.1, 0.15) is 0 Å². The number of carbonyl (C=O) groups is 3. The predicted molar refractivity (Wildman–Crippen MR) is 133 cm³/mol. The number of halogens is 3. The highest BCUT2D eigenvalue weighted by Gasteiger charge is 2.50. The van der Waals surface area contributed by atoms with Gasteiger partial charge in [-0.25, -0.2) is 14.6 Å². The molecule has 14 heteroatoms. The number of anilines is 3. The molecule has 2 amide bonds. The van der Waals surface area contributed by atoms with Crippen molar-refractivity contribution in [1.82, 2.24) is 9.97 Å². The molecule has 1 unspecified atom stereocenters. The fourth-order valence-electron chi connectivity index (χ4n) is 4.07. The summed E-state index contributed by atoms with van der Waals surface area (Å²) in [5.74, 6) is -2.97. The zero-order chi connectivity index (χ0) is 28.7. The number of carbonyl (C=O) groups excluding carboxylic acids is 1. The van der Waals surface area contributed by atoms with Crippen LogP contribution in [0.4, 0.5) is 35.3 Å². The van der Waals surface area contributed by atoms with Crippen molar-refractivity contribution in [3.8, 4) is 0 Å². The van der Waals surface area contributed by atoms with E-state index in [1.165, 1.54) is 11.9 Å². The van der Waals surface area contributed by atoms with Gasteiger partial charge in [0, 0.05) is 35.1 Å². The van der Waals surface area contributed by atoms with Crippen molar-refractivity contribution in [3.05, 3.63) is 83.4 Å². The number of carboxylic acid groups (broad SMARTS) is 2. The number of benzene rings is 3. The number of imidazole rings is 1. The number of aromatic amines is 1. The topological polar surface area (TPSA) is 173 Å². The maximum atomic E-state index is 13.4. The van der Waals surface area contributed by atoms with E-state index in [-0.39, 0.29) is 11.9 Å². The summed E-state index contributed by atoms with van der Waals surface area (Å²) in [5.41, 5.74) is 7.30. The predicted octanol–water partition coefficient (Wildman–Crippen LogP) is 3.75. The summed E-state index contributed by atoms with van der Waals surface area (Å²) >= 11 is 0. The maximum absolute atomic E-state index is 13.4. The van der Waals surface area contributed by atoms with Crippen LogP contribution in [0.2, 0.25) is 0 Å². The molecule has 1 aliphatic rings. The highest BCUT2D eigenvalue weighted by atomic mass is 19.4. The molecule has 202 valence electrons. The Bertz CT molecular complexity index is 1600. The van der Waals surface area contributed by atoms with Crippen molar-refractivity contribution >= 4 is 46.3 Å². The summed E-state index contributed by atoms with van der Waals surface area (Å²) in [6.07, 6.45) is -6.24. The first-order chi connectivity index (χ1) is 18.2. The fourth-order valence-corrected chi connectivity index (χ4v) is 4.07. The average molecular weight is 543 g/mol. The van der Waals surface area contributed by atoms with E-state index in [2.05, 4.69) is 9.97 Å². The number of nitrogens with two attached hydrogens (primary N) is 1. The molecule has 1 aliphatic heterocycles. The van der Waals surface area contributed by atoms with Crippen LogP contribution >= 0.6 is 0 Å². The zero-order valence-corrected chi connectivity index (χ0v) is 20.0. The molecule has 0 fully saturated rings. The monoisotopic (exact) mass is 543 g/mol. The van der Waals surface area contributed by atoms with Crippen LogP contribution in [0.5, 0.6) is 0 Å². The number of hydrogen-bond acceptors (Lipinski definition) is 6. The highest BCUT2D eigenvalue weighted by Crippen LogP contribution is 2.45. The molecule has 1 atom stereocenters. The van der Waals surface area contributed by atoms with Gasteiger partial charge in [-0.05, 0) is 36.4 Å². The van der Waals surface area contributed by atoms with Crippen LogP contribution in [0.15, 0.2) is 66.7 Å². The van der Waals surface area contributed by atoms with Crippen LogP contribution in [0.1, 0.15) is 21.5 Å². The quantitative estimate of drug-likeness (QED) is 0.243. The third-order valence-electron chi connectivity index (χ3n) is 5.91. The molecular formula is C25H20F3N5O6. The van der Waals surface area contributed by atoms with E-state index in [0.29, 0.717) is 39.1 Å². The Hall–Kier alpha value is -5.11. The molecule has 3 aromatic carbocycles. The van der Waals surface area contributed by atoms with Crippen molar-refractivity contribution in [2.24, 2.45) is 0 Å². The van der Waals surface area contributed by atoms with Gasteiger partial charge in [0.25, 0.3) is 5.91 Å². The van der Waals surface area contributed by atoms with Crippen LogP contribution in [0, 0.1) is 0 Å². The number of aromatic nitrogens is 2. The third-order valence-corrected chi connectivity index (χ3v) is 5.91. The molecule has 0 saturated carbocycles. The number of aliphatic carboxylic acids is 1. The SMILES string of the molecule is CN(C(=O)O)c1nc2cc(C3(O)c4ccccc4C(=O)N3c3cccc(N)c3)ccc2[nH]1.O=C(O)C(F)(F)F. The van der Waals surface area contributed by atoms with Crippen molar-refractivity contribution in [2.75, 3.05) is 22.6 Å². The summed E-state index contributed by atoms with van der Waals surface area (Å²) < 4.78 is 31.7. The second-order valence-corrected chi connectivity index (χ2v) is 8.39. The Morgan fingerprint density at radius 3 is 2.33 bits per heavy atom. The van der Waals surface area contributed by atoms with Gasteiger partial charge in [-0.2, -0.15) is 13.2 Å². The van der Waals surface area contributed by atoms with E-state index in [4.69, 9.17) is 15.6 Å². The fraction of sp³-hybridized carbons (Fsp3) is 0.120. The van der Waals surface area contributed by atoms with E-state index in [9.17, 15) is 33.0 Å². The van der Waals surface area contributed by atoms with Gasteiger partial charge in [0.05, 0.1) is 11.0 Å². The van der Waals surface area contributed by atoms with Gasteiger partial charge in [-0.15, -0.1) is 0 Å². The minimum atomic E-state index is -5.08. The molecule has 0 spiro atoms. The number of rotatable bonds is 3. The Kier molecular flexibility index (Phi) is 6.66. The Morgan fingerprint density at radius 2 is 1.72 bits per heavy atom. The normalized spacial score (nSPS) is 16.4. The van der Waals surface area contributed by atoms with E-state index in [1.54, 1.807) is 66.7 Å². The van der Waals surface area contributed by atoms with Crippen molar-refractivity contribution in [1.29, 1.82) is 0 Å². The van der Waals surface area contributed by atoms with Gasteiger partial charge in [0.2, 0.25) is 5.95 Å². The number of aliphatic hydroxyl groups is 1. The number of fused-ring (bicyclic) bond motifs is 2. The van der Waals surface area contributed by atoms with Crippen LogP contribution in [-0.4, -0.2) is 56.5 Å². The van der Waals surface area contributed by atoms with E-state index in [0.717, 1.165) is 4.90 Å². The number of nitrogens with zero attached hydrogens (tertiary/aromatic N) is 3. The number of alkyl halides is 3. The first-order valence-corrected chi connectivity index (χ1v) is 11.0. The van der Waals surface area contributed by atoms with Crippen LogP contribution in [0.3, 0.4) is 0 Å². The Morgan fingerprint density at radius 1 is 1.05 bits per heavy atom. The largest absolute Gasteiger partial charge is 0.490 e. The molecule has 11 nitrogen and oxygen atoms in total. The second-order valence-electron chi connectivity index (χ2n) is 8.39. The third kappa shape index (κ3) is 4.80. The lowest BCUT2D eigenvalue weighted by atomic mass is 9.93. The molecule has 2 heterocycles. The summed E-state index contributed by atoms with van der Waals surface area (Å²) in [7, 11) is 1.38. The van der Waals surface area contributed by atoms with Gasteiger partial charge in [-0.1, -0.05) is 30.3 Å². The number of H-pyrrole nitrogens is 1. The maximum Gasteiger partial charge on any atom is 0.490 e. The van der Waals surface area contributed by atoms with Crippen molar-refractivity contribution < 1.29 is 42.9 Å². The minimum absolute atomic E-state index is 0.146. The highest BCUT2D eigenvalue weighted by molar-refractivity contribution is 6.12. The van der Waals surface area contributed by atoms with Gasteiger partial charge < -0.3 is 26.0 Å². The summed E-state index contributed by atoms with van der Waals surface area (Å²) in [4.78, 5) is 43.1. The lowest BCUT2D eigenvalue weighted by Crippen LogP contribution is -2.45. The second kappa shape index (κ2) is 9.64. The van der Waals surface area contributed by atoms with E-state index >= 15 is 0 Å². The molecule has 0 radical (unpaired) electrons. The van der Waals surface area contributed by atoms with Crippen LogP contribution < -0.4 is 15.5 Å². The Balaban J connectivity index is 0.000000448. The minimum Gasteiger partial charge on any atom is -0.475 e. The molecule has 0 bridgehead atoms. The molecule has 4 aromatic rings. The van der Waals surface area contributed by atoms with Crippen LogP contribution in [-0.2, 0) is 10.5 Å². The number of nitrogens with one attached hydrogen (secondary N) is 1. The molecular weight excluding hydrogens is 523 g/mol. The standard InChI is InChI=1S/C23H19N5O4.C2HF3O2/c1-27(22(30)31)21-25-18-10-9-13(11-19(18)26-21)23(32)17-8-3-2-7-16(17)20(29)28(23)15-6-4-5-14(24)12-15;3-2(4,5)1(6)7/h2-12,32H,24H2,1H3,(H,25,26)(H,30,31);(H,6,7). The number of amides is 2. The van der Waals surface area contributed by atoms with Crippen molar-refractivity contribution in [3.63, 3.8) is 0 Å². The average Bonchev–Trinajstić information content (AvgIpc) is 3.40. The summed E-state index contributed by atoms with van der Waals surface area (Å²) in [6, 6.07) is 18.6. The zero-order valence-electron chi connectivity index (χ0n) is 20.0. The first kappa shape index (κ1) is 26.9. The Labute approximate surface area is 217 Å². The molecule has 39 heavy (non-hydrogen) atoms. The van der Waals surface area contributed by atoms with Crippen molar-refractivity contribution in [2.45, 2.75) is 11.9 Å². The van der Waals surface area contributed by atoms with Gasteiger partial charge in [0.15, 0.2) is 5.72 Å². The van der Waals surface area contributed by atoms with Gasteiger partial charge >= 0.3 is 18.2 Å². The lowest BCUT2D eigenvalue weighted by Gasteiger charge is -2.35. The van der Waals surface area contributed by atoms with E-state index in [1.807, 2.05) is 0 Å². The molecule has 1 aromatic heterocycles. The number of carboxylic acids is 1. The number of hydrogen-bond donors (Lipinski definition) is 5. The molecule has 0 saturated heterocycles. The molecule has 5 rings (SSSR count). The van der Waals surface area contributed by atoms with Gasteiger partial charge in [-0.3, -0.25) is 14.6 Å². The smallest absolute Gasteiger partial charge is 0.475 e. The molecule has 0 aliphatic carbocycles. The summed E-state index contributed by atoms with van der Waals surface area (Å²) in [5, 5.41) is 28.4.